The average Bonchev–Trinajstić information content (AvgIpc) is 2.71. The van der Waals surface area contributed by atoms with Crippen LogP contribution in [0.25, 0.3) is 0 Å². The van der Waals surface area contributed by atoms with Crippen molar-refractivity contribution in [3.63, 3.8) is 0 Å². The summed E-state index contributed by atoms with van der Waals surface area (Å²) < 4.78 is 0. The Morgan fingerprint density at radius 1 is 1.21 bits per heavy atom. The lowest BCUT2D eigenvalue weighted by Gasteiger charge is -2.28. The molecule has 2 aromatic carbocycles. The fourth-order valence-corrected chi connectivity index (χ4v) is 3.37. The first-order valence-corrected chi connectivity index (χ1v) is 9.63. The molecule has 1 heterocycles. The van der Waals surface area contributed by atoms with Crippen molar-refractivity contribution in [2.45, 2.75) is 20.0 Å². The van der Waals surface area contributed by atoms with Gasteiger partial charge in [0, 0.05) is 46.0 Å². The highest BCUT2D eigenvalue weighted by Crippen LogP contribution is 2.16. The molecule has 2 aromatic rings. The number of carbonyl (C=O) groups is 1. The van der Waals surface area contributed by atoms with Crippen LogP contribution >= 0.6 is 24.0 Å². The number of aryl methyl sites for hydroxylation is 1. The van der Waals surface area contributed by atoms with Gasteiger partial charge in [-0.3, -0.25) is 9.79 Å². The number of piperazine rings is 1. The molecule has 0 spiro atoms. The predicted octanol–water partition coefficient (Wildman–Crippen LogP) is 2.76. The van der Waals surface area contributed by atoms with Gasteiger partial charge in [0.15, 0.2) is 5.96 Å². The zero-order valence-electron chi connectivity index (χ0n) is 17.3. The second-order valence-corrected chi connectivity index (χ2v) is 7.12. The number of guanidine groups is 1. The smallest absolute Gasteiger partial charge is 0.239 e. The van der Waals surface area contributed by atoms with Crippen LogP contribution in [0, 0.1) is 6.92 Å². The molecule has 3 rings (SSSR count). The molecule has 0 aromatic heterocycles. The molecule has 0 aliphatic carbocycles. The van der Waals surface area contributed by atoms with Gasteiger partial charge in [-0.2, -0.15) is 0 Å². The highest BCUT2D eigenvalue weighted by atomic mass is 127. The molecular weight excluding hydrogens is 477 g/mol. The third kappa shape index (κ3) is 6.35. The summed E-state index contributed by atoms with van der Waals surface area (Å²) in [6, 6.07) is 16.8. The molecule has 0 radical (unpaired) electrons. The number of hydrogen-bond donors (Lipinski definition) is 2. The van der Waals surface area contributed by atoms with Gasteiger partial charge >= 0.3 is 0 Å². The summed E-state index contributed by atoms with van der Waals surface area (Å²) in [7, 11) is 3.85. The summed E-state index contributed by atoms with van der Waals surface area (Å²) >= 11 is 0. The number of aliphatic imine (C=N–C) groups is 1. The van der Waals surface area contributed by atoms with E-state index in [9.17, 15) is 4.79 Å². The van der Waals surface area contributed by atoms with Crippen molar-refractivity contribution < 1.29 is 4.79 Å². The van der Waals surface area contributed by atoms with E-state index in [1.165, 1.54) is 16.7 Å². The number of rotatable bonds is 5. The topological polar surface area (TPSA) is 60.0 Å². The molecule has 6 nitrogen and oxygen atoms in total. The fraction of sp³-hybridized carbons (Fsp3) is 0.364. The minimum absolute atomic E-state index is 0. The normalized spacial score (nSPS) is 14.1. The molecule has 156 valence electrons. The minimum Gasteiger partial charge on any atom is -0.360 e. The summed E-state index contributed by atoms with van der Waals surface area (Å²) in [5.74, 6) is 0.942. The fourth-order valence-electron chi connectivity index (χ4n) is 3.37. The highest BCUT2D eigenvalue weighted by molar-refractivity contribution is 14.0. The molecule has 1 saturated heterocycles. The number of carbonyl (C=O) groups excluding carboxylic acids is 1. The Kier molecular flexibility index (Phi) is 8.75. The number of halogens is 1. The Bertz CT molecular complexity index is 837. The molecule has 7 heteroatoms. The van der Waals surface area contributed by atoms with Crippen molar-refractivity contribution in [3.8, 4) is 0 Å². The molecule has 1 amide bonds. The van der Waals surface area contributed by atoms with Gasteiger partial charge in [0.2, 0.25) is 5.91 Å². The van der Waals surface area contributed by atoms with Gasteiger partial charge in [0.05, 0.1) is 6.54 Å². The molecule has 0 unspecified atom stereocenters. The first kappa shape index (κ1) is 23.0. The zero-order valence-corrected chi connectivity index (χ0v) is 19.6. The molecule has 0 saturated carbocycles. The molecule has 29 heavy (non-hydrogen) atoms. The number of nitrogens with zero attached hydrogens (tertiary/aromatic N) is 3. The number of amides is 1. The van der Waals surface area contributed by atoms with Crippen LogP contribution in [0.4, 0.5) is 5.69 Å². The van der Waals surface area contributed by atoms with Crippen molar-refractivity contribution in [2.75, 3.05) is 38.6 Å². The van der Waals surface area contributed by atoms with Crippen molar-refractivity contribution >= 4 is 41.5 Å². The van der Waals surface area contributed by atoms with Crippen LogP contribution in [-0.4, -0.2) is 50.5 Å². The lowest BCUT2D eigenvalue weighted by molar-refractivity contribution is -0.120. The molecule has 1 aliphatic heterocycles. The lowest BCUT2D eigenvalue weighted by Crippen LogP contribution is -2.47. The molecule has 2 N–H and O–H groups in total. The van der Waals surface area contributed by atoms with E-state index in [2.05, 4.69) is 80.9 Å². The van der Waals surface area contributed by atoms with E-state index in [0.29, 0.717) is 19.6 Å². The van der Waals surface area contributed by atoms with Crippen molar-refractivity contribution in [1.82, 2.24) is 15.5 Å². The van der Waals surface area contributed by atoms with Gasteiger partial charge in [0.1, 0.15) is 0 Å². The van der Waals surface area contributed by atoms with Crippen LogP contribution in [-0.2, 0) is 17.9 Å². The molecule has 1 fully saturated rings. The zero-order chi connectivity index (χ0) is 19.9. The summed E-state index contributed by atoms with van der Waals surface area (Å²) in [5, 5.41) is 6.28. The summed E-state index contributed by atoms with van der Waals surface area (Å²) in [4.78, 5) is 20.2. The highest BCUT2D eigenvalue weighted by Gasteiger charge is 2.16. The number of anilines is 1. The molecule has 0 bridgehead atoms. The second kappa shape index (κ2) is 11.0. The summed E-state index contributed by atoms with van der Waals surface area (Å²) in [6.07, 6.45) is 0. The van der Waals surface area contributed by atoms with E-state index < -0.39 is 0 Å². The summed E-state index contributed by atoms with van der Waals surface area (Å²) in [6.45, 7) is 5.61. The van der Waals surface area contributed by atoms with Gasteiger partial charge in [-0.05, 0) is 35.7 Å². The number of nitrogens with one attached hydrogen (secondary N) is 2. The van der Waals surface area contributed by atoms with E-state index in [1.54, 1.807) is 7.05 Å². The number of hydrogen-bond acceptors (Lipinski definition) is 3. The van der Waals surface area contributed by atoms with E-state index in [0.717, 1.165) is 24.7 Å². The van der Waals surface area contributed by atoms with E-state index in [4.69, 9.17) is 0 Å². The van der Waals surface area contributed by atoms with Crippen LogP contribution in [0.3, 0.4) is 0 Å². The Morgan fingerprint density at radius 3 is 2.59 bits per heavy atom. The lowest BCUT2D eigenvalue weighted by atomic mass is 10.1. The monoisotopic (exact) mass is 507 g/mol. The van der Waals surface area contributed by atoms with E-state index in [1.807, 2.05) is 7.05 Å². The van der Waals surface area contributed by atoms with Crippen LogP contribution in [0.2, 0.25) is 0 Å². The average molecular weight is 507 g/mol. The Balaban J connectivity index is 0.00000300. The van der Waals surface area contributed by atoms with Gasteiger partial charge in [0.25, 0.3) is 0 Å². The van der Waals surface area contributed by atoms with E-state index in [-0.39, 0.29) is 29.9 Å². The third-order valence-electron chi connectivity index (χ3n) is 5.03. The quantitative estimate of drug-likeness (QED) is 0.372. The first-order chi connectivity index (χ1) is 13.6. The van der Waals surface area contributed by atoms with Crippen LogP contribution in [0.15, 0.2) is 53.5 Å². The Hall–Kier alpha value is -2.29. The first-order valence-electron chi connectivity index (χ1n) is 9.63. The Morgan fingerprint density at radius 2 is 1.93 bits per heavy atom. The van der Waals surface area contributed by atoms with Crippen molar-refractivity contribution in [2.24, 2.45) is 4.99 Å². The van der Waals surface area contributed by atoms with E-state index >= 15 is 0 Å². The largest absolute Gasteiger partial charge is 0.360 e. The second-order valence-electron chi connectivity index (χ2n) is 7.12. The number of benzene rings is 2. The van der Waals surface area contributed by atoms with Gasteiger partial charge < -0.3 is 20.4 Å². The Labute approximate surface area is 190 Å². The maximum absolute atomic E-state index is 11.6. The standard InChI is InChI=1S/C22H29N5O.HI/c1-17-6-4-5-7-19(17)15-26(3)22(23-2)25-14-18-8-10-20(11-9-18)27-13-12-24-21(28)16-27;/h4-11H,12-16H2,1-3H3,(H,23,25)(H,24,28);1H. The van der Waals surface area contributed by atoms with Crippen LogP contribution in [0.1, 0.15) is 16.7 Å². The predicted molar refractivity (Wildman–Crippen MR) is 130 cm³/mol. The molecule has 1 aliphatic rings. The van der Waals surface area contributed by atoms with Crippen molar-refractivity contribution in [3.05, 3.63) is 65.2 Å². The third-order valence-corrected chi connectivity index (χ3v) is 5.03. The van der Waals surface area contributed by atoms with Crippen LogP contribution < -0.4 is 15.5 Å². The molecular formula is C22H30IN5O. The maximum Gasteiger partial charge on any atom is 0.239 e. The van der Waals surface area contributed by atoms with Gasteiger partial charge in [-0.1, -0.05) is 36.4 Å². The molecule has 0 atom stereocenters. The minimum atomic E-state index is 0. The van der Waals surface area contributed by atoms with Crippen LogP contribution in [0.5, 0.6) is 0 Å². The van der Waals surface area contributed by atoms with Crippen molar-refractivity contribution in [1.29, 1.82) is 0 Å². The maximum atomic E-state index is 11.6. The summed E-state index contributed by atoms with van der Waals surface area (Å²) in [5.41, 5.74) is 4.84. The van der Waals surface area contributed by atoms with Gasteiger partial charge in [-0.25, -0.2) is 0 Å². The van der Waals surface area contributed by atoms with Gasteiger partial charge in [-0.15, -0.1) is 24.0 Å². The SMILES string of the molecule is CN=C(NCc1ccc(N2CCNC(=O)C2)cc1)N(C)Cc1ccccc1C.I.